The third-order valence-electron chi connectivity index (χ3n) is 5.20. The number of pyridine rings is 2. The van der Waals surface area contributed by atoms with Crippen LogP contribution in [0.3, 0.4) is 0 Å². The summed E-state index contributed by atoms with van der Waals surface area (Å²) >= 11 is 0. The smallest absolute Gasteiger partial charge is 0.305 e. The molecule has 0 N–H and O–H groups in total. The van der Waals surface area contributed by atoms with E-state index >= 15 is 0 Å². The number of hydrogen-bond acceptors (Lipinski definition) is 4. The summed E-state index contributed by atoms with van der Waals surface area (Å²) < 4.78 is 5.75. The van der Waals surface area contributed by atoms with Crippen molar-refractivity contribution in [3.8, 4) is 0 Å². The summed E-state index contributed by atoms with van der Waals surface area (Å²) in [4.78, 5) is 20.7. The number of carbonyl (C=O) groups is 1. The Morgan fingerprint density at radius 2 is 2.04 bits per heavy atom. The number of esters is 1. The maximum absolute atomic E-state index is 11.9. The molecule has 2 aromatic heterocycles. The van der Waals surface area contributed by atoms with Crippen LogP contribution in [0.5, 0.6) is 0 Å². The number of quaternary nitrogens is 1. The number of aromatic nitrogens is 2. The predicted molar refractivity (Wildman–Crippen MR) is 108 cm³/mol. The molecule has 0 aromatic carbocycles. The topological polar surface area (TPSA) is 52.1 Å². The minimum atomic E-state index is -0.136. The molecule has 0 spiro atoms. The zero-order valence-electron chi connectivity index (χ0n) is 16.0. The van der Waals surface area contributed by atoms with Crippen molar-refractivity contribution in [2.24, 2.45) is 0 Å². The van der Waals surface area contributed by atoms with Gasteiger partial charge < -0.3 is 4.74 Å². The van der Waals surface area contributed by atoms with Gasteiger partial charge in [-0.1, -0.05) is 6.07 Å². The van der Waals surface area contributed by atoms with Crippen LogP contribution in [0.15, 0.2) is 66.8 Å². The first-order valence-electron chi connectivity index (χ1n) is 9.71. The maximum atomic E-state index is 11.9. The zero-order valence-corrected chi connectivity index (χ0v) is 16.0. The van der Waals surface area contributed by atoms with Crippen molar-refractivity contribution >= 4 is 17.7 Å². The van der Waals surface area contributed by atoms with Crippen LogP contribution in [0.1, 0.15) is 25.3 Å². The molecule has 0 fully saturated rings. The van der Waals surface area contributed by atoms with Gasteiger partial charge in [0.15, 0.2) is 5.70 Å². The van der Waals surface area contributed by atoms with E-state index < -0.39 is 0 Å². The molecular formula is C23H24N3O2+. The number of nitrogens with zero attached hydrogens (tertiary/aromatic N) is 3. The average molecular weight is 374 g/mol. The molecule has 142 valence electrons. The van der Waals surface area contributed by atoms with Gasteiger partial charge >= 0.3 is 5.97 Å². The fourth-order valence-electron chi connectivity index (χ4n) is 4.04. The lowest BCUT2D eigenvalue weighted by Gasteiger charge is -2.37. The van der Waals surface area contributed by atoms with Crippen molar-refractivity contribution in [2.45, 2.75) is 26.3 Å². The lowest BCUT2D eigenvalue weighted by Crippen LogP contribution is -2.46. The summed E-state index contributed by atoms with van der Waals surface area (Å²) in [5.74, 6) is -0.136. The molecule has 5 heteroatoms. The first kappa shape index (κ1) is 18.3. The summed E-state index contributed by atoms with van der Waals surface area (Å²) in [6.45, 7) is 3.85. The minimum absolute atomic E-state index is 0.136. The molecule has 3 heterocycles. The molecule has 0 bridgehead atoms. The monoisotopic (exact) mass is 374 g/mol. The van der Waals surface area contributed by atoms with E-state index in [1.807, 2.05) is 31.6 Å². The van der Waals surface area contributed by atoms with Crippen LogP contribution in [0.4, 0.5) is 0 Å². The van der Waals surface area contributed by atoms with Crippen molar-refractivity contribution in [3.63, 3.8) is 0 Å². The van der Waals surface area contributed by atoms with Crippen LogP contribution in [-0.2, 0) is 16.1 Å². The van der Waals surface area contributed by atoms with Crippen LogP contribution < -0.4 is 10.6 Å². The highest BCUT2D eigenvalue weighted by Crippen LogP contribution is 2.35. The van der Waals surface area contributed by atoms with Gasteiger partial charge in [-0.2, -0.15) is 0 Å². The van der Waals surface area contributed by atoms with Crippen LogP contribution in [0, 0.1) is 0 Å². The largest absolute Gasteiger partial charge is 0.466 e. The molecule has 4 rings (SSSR count). The van der Waals surface area contributed by atoms with Crippen LogP contribution >= 0.6 is 0 Å². The van der Waals surface area contributed by atoms with Crippen LogP contribution in [-0.4, -0.2) is 33.6 Å². The molecule has 1 unspecified atom stereocenters. The zero-order chi connectivity index (χ0) is 19.4. The van der Waals surface area contributed by atoms with Crippen molar-refractivity contribution in [2.75, 3.05) is 13.2 Å². The van der Waals surface area contributed by atoms with E-state index in [4.69, 9.17) is 9.72 Å². The van der Waals surface area contributed by atoms with Crippen molar-refractivity contribution in [1.82, 2.24) is 9.97 Å². The SMILES string of the molecule is CCOC(=O)CCC[N+]1(Cc2ccncc2)C=CC=C2C=c3cccnc3=C21. The third-order valence-corrected chi connectivity index (χ3v) is 5.20. The molecule has 0 saturated carbocycles. The highest BCUT2D eigenvalue weighted by molar-refractivity contribution is 5.79. The average Bonchev–Trinajstić information content (AvgIpc) is 3.09. The third kappa shape index (κ3) is 3.53. The number of hydrogen-bond donors (Lipinski definition) is 0. The normalized spacial score (nSPS) is 19.5. The number of rotatable bonds is 7. The Bertz CT molecular complexity index is 1060. The van der Waals surface area contributed by atoms with E-state index in [2.05, 4.69) is 47.6 Å². The van der Waals surface area contributed by atoms with E-state index in [9.17, 15) is 4.79 Å². The summed E-state index contributed by atoms with van der Waals surface area (Å²) in [5, 5.41) is 2.18. The molecule has 0 saturated heterocycles. The Labute approximate surface area is 164 Å². The Kier molecular flexibility index (Phi) is 5.17. The number of carbonyl (C=O) groups excluding carboxylic acids is 1. The fourth-order valence-corrected chi connectivity index (χ4v) is 4.04. The predicted octanol–water partition coefficient (Wildman–Crippen LogP) is 2.19. The van der Waals surface area contributed by atoms with Gasteiger partial charge in [-0.25, -0.2) is 4.98 Å². The lowest BCUT2D eigenvalue weighted by molar-refractivity contribution is -0.823. The fraction of sp³-hybridized carbons (Fsp3) is 0.261. The molecular weight excluding hydrogens is 350 g/mol. The summed E-state index contributed by atoms with van der Waals surface area (Å²) in [7, 11) is 0. The van der Waals surface area contributed by atoms with Crippen molar-refractivity contribution in [3.05, 3.63) is 82.9 Å². The van der Waals surface area contributed by atoms with Gasteiger partial charge in [0.25, 0.3) is 0 Å². The van der Waals surface area contributed by atoms with E-state index in [-0.39, 0.29) is 5.97 Å². The van der Waals surface area contributed by atoms with Gasteiger partial charge in [-0.15, -0.1) is 0 Å². The van der Waals surface area contributed by atoms with Gasteiger partial charge in [-0.3, -0.25) is 14.3 Å². The quantitative estimate of drug-likeness (QED) is 0.551. The van der Waals surface area contributed by atoms with E-state index in [0.717, 1.165) is 30.1 Å². The van der Waals surface area contributed by atoms with Gasteiger partial charge in [0.1, 0.15) is 18.1 Å². The Morgan fingerprint density at radius 1 is 1.18 bits per heavy atom. The highest BCUT2D eigenvalue weighted by Gasteiger charge is 2.37. The van der Waals surface area contributed by atoms with E-state index in [1.165, 1.54) is 16.8 Å². The lowest BCUT2D eigenvalue weighted by atomic mass is 10.0. The minimum Gasteiger partial charge on any atom is -0.466 e. The summed E-state index contributed by atoms with van der Waals surface area (Å²) in [6, 6.07) is 8.18. The molecule has 28 heavy (non-hydrogen) atoms. The van der Waals surface area contributed by atoms with E-state index in [1.54, 1.807) is 0 Å². The maximum Gasteiger partial charge on any atom is 0.305 e. The van der Waals surface area contributed by atoms with Gasteiger partial charge in [0.05, 0.1) is 19.6 Å². The number of allylic oxidation sites excluding steroid dienone is 2. The van der Waals surface area contributed by atoms with E-state index in [0.29, 0.717) is 17.5 Å². The van der Waals surface area contributed by atoms with Crippen molar-refractivity contribution in [1.29, 1.82) is 0 Å². The van der Waals surface area contributed by atoms with Gasteiger partial charge in [0, 0.05) is 41.4 Å². The Hall–Kier alpha value is -3.05. The van der Waals surface area contributed by atoms with Crippen molar-refractivity contribution < 1.29 is 14.0 Å². The molecule has 0 amide bonds. The Morgan fingerprint density at radius 3 is 2.86 bits per heavy atom. The van der Waals surface area contributed by atoms with Crippen LogP contribution in [0.25, 0.3) is 11.8 Å². The van der Waals surface area contributed by atoms with Gasteiger partial charge in [0.2, 0.25) is 0 Å². The standard InChI is InChI=1S/C23H24N3O2/c1-2-28-21(27)8-5-15-26(17-18-9-12-24-13-10-18)14-4-7-20-16-19-6-3-11-25-22(19)23(20)26/h3-4,6-7,9-14,16H,2,5,8,15,17H2,1H3/q+1. The Balaban J connectivity index is 1.73. The second kappa shape index (κ2) is 7.90. The first-order valence-corrected chi connectivity index (χ1v) is 9.71. The second-order valence-corrected chi connectivity index (χ2v) is 7.08. The molecule has 2 aliphatic rings. The molecule has 1 atom stereocenters. The number of ether oxygens (including phenoxy) is 1. The number of fused-ring (bicyclic) bond motifs is 2. The first-order chi connectivity index (χ1) is 13.7. The highest BCUT2D eigenvalue weighted by atomic mass is 16.5. The second-order valence-electron chi connectivity index (χ2n) is 7.08. The molecule has 5 nitrogen and oxygen atoms in total. The van der Waals surface area contributed by atoms with Crippen LogP contribution in [0.2, 0.25) is 0 Å². The molecule has 1 aliphatic carbocycles. The summed E-state index contributed by atoms with van der Waals surface area (Å²) in [6.07, 6.45) is 15.3. The molecule has 1 aliphatic heterocycles. The molecule has 2 aromatic rings. The van der Waals surface area contributed by atoms with Gasteiger partial charge in [-0.05, 0) is 43.4 Å². The summed E-state index contributed by atoms with van der Waals surface area (Å²) in [5.41, 5.74) is 3.61. The molecule has 0 radical (unpaired) electrons.